The molecule has 1 fully saturated rings. The first kappa shape index (κ1) is 21.9. The molecular weight excluding hydrogens is 409 g/mol. The molecule has 1 aliphatic heterocycles. The van der Waals surface area contributed by atoms with Crippen LogP contribution in [-0.4, -0.2) is 43.9 Å². The lowest BCUT2D eigenvalue weighted by atomic mass is 10.1. The van der Waals surface area contributed by atoms with Gasteiger partial charge in [0.25, 0.3) is 0 Å². The van der Waals surface area contributed by atoms with Crippen LogP contribution in [-0.2, 0) is 26.2 Å². The van der Waals surface area contributed by atoms with E-state index >= 15 is 0 Å². The number of nitrogens with one attached hydrogen (secondary N) is 1. The number of amides is 2. The number of carbonyl (C=O) groups is 2. The van der Waals surface area contributed by atoms with Gasteiger partial charge in [0.15, 0.2) is 0 Å². The summed E-state index contributed by atoms with van der Waals surface area (Å²) in [6, 6.07) is 11.0. The molecule has 0 aromatic heterocycles. The number of aryl methyl sites for hydroxylation is 1. The predicted molar refractivity (Wildman–Crippen MR) is 113 cm³/mol. The largest absolute Gasteiger partial charge is 0.325 e. The maximum absolute atomic E-state index is 13.9. The number of hydrogen-bond donors (Lipinski definition) is 1. The van der Waals surface area contributed by atoms with E-state index in [2.05, 4.69) is 5.32 Å². The van der Waals surface area contributed by atoms with Gasteiger partial charge in [0.1, 0.15) is 5.82 Å². The molecule has 0 saturated carbocycles. The third-order valence-electron chi connectivity index (χ3n) is 4.94. The van der Waals surface area contributed by atoms with Crippen molar-refractivity contribution in [2.75, 3.05) is 29.6 Å². The van der Waals surface area contributed by atoms with Gasteiger partial charge in [-0.15, -0.1) is 0 Å². The summed E-state index contributed by atoms with van der Waals surface area (Å²) in [6.07, 6.45) is 2.33. The summed E-state index contributed by atoms with van der Waals surface area (Å²) in [5, 5.41) is 2.67. The maximum atomic E-state index is 13.9. The lowest BCUT2D eigenvalue weighted by Gasteiger charge is -2.21. The quantitative estimate of drug-likeness (QED) is 0.727. The molecule has 0 atom stereocenters. The zero-order valence-electron chi connectivity index (χ0n) is 16.9. The lowest BCUT2D eigenvalue weighted by molar-refractivity contribution is -0.117. The number of anilines is 2. The molecule has 160 valence electrons. The van der Waals surface area contributed by atoms with Crippen LogP contribution in [0.1, 0.15) is 24.0 Å². The second-order valence-electron chi connectivity index (χ2n) is 7.32. The minimum atomic E-state index is -3.74. The second-order valence-corrected chi connectivity index (χ2v) is 9.30. The van der Waals surface area contributed by atoms with Crippen molar-refractivity contribution >= 4 is 33.2 Å². The van der Waals surface area contributed by atoms with E-state index < -0.39 is 28.3 Å². The number of benzene rings is 2. The maximum Gasteiger partial charge on any atom is 0.239 e. The Bertz CT molecular complexity index is 1070. The van der Waals surface area contributed by atoms with Crippen LogP contribution in [0.15, 0.2) is 42.5 Å². The Kier molecular flexibility index (Phi) is 6.52. The molecule has 7 nitrogen and oxygen atoms in total. The van der Waals surface area contributed by atoms with Crippen LogP contribution in [0.3, 0.4) is 0 Å². The van der Waals surface area contributed by atoms with Crippen LogP contribution in [0, 0.1) is 12.7 Å². The molecule has 1 saturated heterocycles. The van der Waals surface area contributed by atoms with Crippen molar-refractivity contribution in [3.8, 4) is 0 Å². The molecule has 3 rings (SSSR count). The highest BCUT2D eigenvalue weighted by molar-refractivity contribution is 7.88. The Balaban J connectivity index is 1.70. The van der Waals surface area contributed by atoms with Gasteiger partial charge in [-0.05, 0) is 43.2 Å². The third-order valence-corrected chi connectivity index (χ3v) is 6.13. The molecule has 2 aromatic rings. The van der Waals surface area contributed by atoms with Gasteiger partial charge in [0.05, 0.1) is 12.8 Å². The Morgan fingerprint density at radius 2 is 1.97 bits per heavy atom. The van der Waals surface area contributed by atoms with Crippen LogP contribution < -0.4 is 10.2 Å². The molecule has 0 bridgehead atoms. The molecule has 1 N–H and O–H groups in total. The van der Waals surface area contributed by atoms with Crippen molar-refractivity contribution in [3.05, 3.63) is 59.4 Å². The number of rotatable bonds is 7. The van der Waals surface area contributed by atoms with Gasteiger partial charge in [0, 0.05) is 36.4 Å². The number of carbonyl (C=O) groups excluding carboxylic acids is 2. The molecule has 0 unspecified atom stereocenters. The second kappa shape index (κ2) is 8.93. The summed E-state index contributed by atoms with van der Waals surface area (Å²) in [5.41, 5.74) is 2.31. The zero-order valence-corrected chi connectivity index (χ0v) is 17.7. The molecule has 0 spiro atoms. The molecule has 9 heteroatoms. The van der Waals surface area contributed by atoms with Gasteiger partial charge in [-0.25, -0.2) is 12.8 Å². The van der Waals surface area contributed by atoms with Crippen LogP contribution in [0.25, 0.3) is 0 Å². The summed E-state index contributed by atoms with van der Waals surface area (Å²) in [6.45, 7) is 1.83. The molecule has 0 radical (unpaired) electrons. The monoisotopic (exact) mass is 433 g/mol. The highest BCUT2D eigenvalue weighted by Crippen LogP contribution is 2.27. The summed E-state index contributed by atoms with van der Waals surface area (Å²) in [7, 11) is -3.74. The van der Waals surface area contributed by atoms with Gasteiger partial charge in [-0.1, -0.05) is 18.2 Å². The Labute approximate surface area is 175 Å². The molecule has 30 heavy (non-hydrogen) atoms. The first-order chi connectivity index (χ1) is 14.1. The van der Waals surface area contributed by atoms with Crippen molar-refractivity contribution in [2.45, 2.75) is 26.3 Å². The van der Waals surface area contributed by atoms with Crippen LogP contribution >= 0.6 is 0 Å². The Hall–Kier alpha value is -2.78. The first-order valence-electron chi connectivity index (χ1n) is 9.54. The van der Waals surface area contributed by atoms with Crippen molar-refractivity contribution in [1.29, 1.82) is 0 Å². The van der Waals surface area contributed by atoms with E-state index in [0.29, 0.717) is 18.7 Å². The third kappa shape index (κ3) is 5.22. The van der Waals surface area contributed by atoms with Crippen LogP contribution in [0.4, 0.5) is 15.8 Å². The van der Waals surface area contributed by atoms with E-state index in [1.165, 1.54) is 18.2 Å². The van der Waals surface area contributed by atoms with E-state index in [1.54, 1.807) is 29.2 Å². The highest BCUT2D eigenvalue weighted by Gasteiger charge is 2.24. The fourth-order valence-electron chi connectivity index (χ4n) is 3.41. The van der Waals surface area contributed by atoms with Crippen molar-refractivity contribution in [3.63, 3.8) is 0 Å². The van der Waals surface area contributed by atoms with Gasteiger partial charge in [0.2, 0.25) is 21.8 Å². The SMILES string of the molecule is Cc1cc(NC(=O)CN(Cc2ccccc2F)S(C)(=O)=O)ccc1N1CCCC1=O. The minimum absolute atomic E-state index is 0.0758. The van der Waals surface area contributed by atoms with E-state index in [0.717, 1.165) is 28.2 Å². The lowest BCUT2D eigenvalue weighted by Crippen LogP contribution is -2.37. The fraction of sp³-hybridized carbons (Fsp3) is 0.333. The number of halogens is 1. The summed E-state index contributed by atoms with van der Waals surface area (Å²) >= 11 is 0. The number of hydrogen-bond acceptors (Lipinski definition) is 4. The first-order valence-corrected chi connectivity index (χ1v) is 11.4. The van der Waals surface area contributed by atoms with Crippen molar-refractivity contribution < 1.29 is 22.4 Å². The average Bonchev–Trinajstić information content (AvgIpc) is 3.08. The summed E-state index contributed by atoms with van der Waals surface area (Å²) in [4.78, 5) is 26.1. The predicted octanol–water partition coefficient (Wildman–Crippen LogP) is 2.66. The van der Waals surface area contributed by atoms with Crippen molar-refractivity contribution in [2.24, 2.45) is 0 Å². The fourth-order valence-corrected chi connectivity index (χ4v) is 4.13. The smallest absolute Gasteiger partial charge is 0.239 e. The molecule has 1 aliphatic rings. The Morgan fingerprint density at radius 3 is 2.57 bits per heavy atom. The van der Waals surface area contributed by atoms with Gasteiger partial charge in [-0.2, -0.15) is 4.31 Å². The number of sulfonamides is 1. The summed E-state index contributed by atoms with van der Waals surface area (Å²) < 4.78 is 39.0. The van der Waals surface area contributed by atoms with Gasteiger partial charge >= 0.3 is 0 Å². The molecule has 1 heterocycles. The normalized spacial score (nSPS) is 14.4. The summed E-state index contributed by atoms with van der Waals surface area (Å²) in [5.74, 6) is -0.998. The standard InChI is InChI=1S/C21H24FN3O4S/c1-15-12-17(9-10-19(15)25-11-5-8-21(25)27)23-20(26)14-24(30(2,28)29)13-16-6-3-4-7-18(16)22/h3-4,6-7,9-10,12H,5,8,11,13-14H2,1-2H3,(H,23,26). The molecular formula is C21H24FN3O4S. The molecule has 0 aliphatic carbocycles. The Morgan fingerprint density at radius 1 is 1.23 bits per heavy atom. The zero-order chi connectivity index (χ0) is 21.9. The minimum Gasteiger partial charge on any atom is -0.325 e. The topological polar surface area (TPSA) is 86.8 Å². The van der Waals surface area contributed by atoms with Crippen LogP contribution in [0.5, 0.6) is 0 Å². The van der Waals surface area contributed by atoms with E-state index in [-0.39, 0.29) is 18.0 Å². The van der Waals surface area contributed by atoms with Crippen molar-refractivity contribution in [1.82, 2.24) is 4.31 Å². The average molecular weight is 434 g/mol. The van der Waals surface area contributed by atoms with E-state index in [1.807, 2.05) is 6.92 Å². The highest BCUT2D eigenvalue weighted by atomic mass is 32.2. The van der Waals surface area contributed by atoms with Crippen LogP contribution in [0.2, 0.25) is 0 Å². The van der Waals surface area contributed by atoms with Gasteiger partial charge in [-0.3, -0.25) is 9.59 Å². The van der Waals surface area contributed by atoms with E-state index in [4.69, 9.17) is 0 Å². The molecule has 2 aromatic carbocycles. The molecule has 2 amide bonds. The van der Waals surface area contributed by atoms with Gasteiger partial charge < -0.3 is 10.2 Å². The number of nitrogens with zero attached hydrogens (tertiary/aromatic N) is 2. The van der Waals surface area contributed by atoms with E-state index in [9.17, 15) is 22.4 Å².